The van der Waals surface area contributed by atoms with Gasteiger partial charge in [-0.3, -0.25) is 0 Å². The predicted octanol–water partition coefficient (Wildman–Crippen LogP) is 2.59. The van der Waals surface area contributed by atoms with Gasteiger partial charge in [-0.1, -0.05) is 6.07 Å². The normalized spacial score (nSPS) is 26.9. The fourth-order valence-electron chi connectivity index (χ4n) is 2.53. The van der Waals surface area contributed by atoms with Crippen LogP contribution in [0.25, 0.3) is 0 Å². The average Bonchev–Trinajstić information content (AvgIpc) is 2.88. The van der Waals surface area contributed by atoms with Crippen LogP contribution in [0.5, 0.6) is 0 Å². The van der Waals surface area contributed by atoms with Crippen LogP contribution in [0.15, 0.2) is 17.5 Å². The van der Waals surface area contributed by atoms with Crippen molar-refractivity contribution < 1.29 is 13.9 Å². The molecule has 3 N–H and O–H groups in total. The second-order valence-corrected chi connectivity index (χ2v) is 5.69. The number of rotatable bonds is 4. The van der Waals surface area contributed by atoms with Gasteiger partial charge in [0.05, 0.1) is 6.10 Å². The van der Waals surface area contributed by atoms with Gasteiger partial charge in [0.2, 0.25) is 5.92 Å². The van der Waals surface area contributed by atoms with Crippen molar-refractivity contribution >= 4 is 11.3 Å². The molecule has 2 rings (SSSR count). The molecule has 0 aliphatic heterocycles. The SMILES string of the molecule is NCC(c1cccs1)C(O)C1CCC(F)(F)C1. The van der Waals surface area contributed by atoms with E-state index in [1.165, 1.54) is 11.3 Å². The Labute approximate surface area is 103 Å². The predicted molar refractivity (Wildman–Crippen MR) is 64.4 cm³/mol. The highest BCUT2D eigenvalue weighted by Gasteiger charge is 2.44. The minimum absolute atomic E-state index is 0.115. The number of aliphatic hydroxyl groups excluding tert-OH is 1. The van der Waals surface area contributed by atoms with Gasteiger partial charge in [-0.15, -0.1) is 11.3 Å². The molecule has 0 radical (unpaired) electrons. The minimum atomic E-state index is -2.61. The third-order valence-corrected chi connectivity index (χ3v) is 4.50. The minimum Gasteiger partial charge on any atom is -0.392 e. The Bertz CT molecular complexity index is 355. The van der Waals surface area contributed by atoms with Gasteiger partial charge in [-0.25, -0.2) is 8.78 Å². The van der Waals surface area contributed by atoms with Crippen LogP contribution in [0.4, 0.5) is 8.78 Å². The van der Waals surface area contributed by atoms with Crippen molar-refractivity contribution in [1.29, 1.82) is 0 Å². The lowest BCUT2D eigenvalue weighted by molar-refractivity contribution is -0.00747. The van der Waals surface area contributed by atoms with Crippen LogP contribution in [0.2, 0.25) is 0 Å². The van der Waals surface area contributed by atoms with Crippen molar-refractivity contribution in [2.75, 3.05) is 6.54 Å². The van der Waals surface area contributed by atoms with Crippen molar-refractivity contribution in [2.24, 2.45) is 11.7 Å². The van der Waals surface area contributed by atoms with Crippen LogP contribution in [-0.4, -0.2) is 23.7 Å². The van der Waals surface area contributed by atoms with E-state index < -0.39 is 12.0 Å². The molecule has 3 unspecified atom stereocenters. The van der Waals surface area contributed by atoms with Gasteiger partial charge in [-0.05, 0) is 23.8 Å². The fraction of sp³-hybridized carbons (Fsp3) is 0.667. The molecule has 17 heavy (non-hydrogen) atoms. The molecule has 5 heteroatoms. The van der Waals surface area contributed by atoms with E-state index in [2.05, 4.69) is 0 Å². The van der Waals surface area contributed by atoms with Gasteiger partial charge < -0.3 is 10.8 Å². The summed E-state index contributed by atoms with van der Waals surface area (Å²) in [6.07, 6.45) is -0.699. The smallest absolute Gasteiger partial charge is 0.248 e. The molecular weight excluding hydrogens is 244 g/mol. The molecule has 1 aromatic heterocycles. The maximum Gasteiger partial charge on any atom is 0.248 e. The van der Waals surface area contributed by atoms with Gasteiger partial charge in [0.25, 0.3) is 0 Å². The molecule has 0 amide bonds. The summed E-state index contributed by atoms with van der Waals surface area (Å²) in [5, 5.41) is 12.1. The van der Waals surface area contributed by atoms with Crippen molar-refractivity contribution in [1.82, 2.24) is 0 Å². The van der Waals surface area contributed by atoms with E-state index in [4.69, 9.17) is 5.73 Å². The molecule has 0 saturated heterocycles. The third-order valence-electron chi connectivity index (χ3n) is 3.50. The zero-order valence-corrected chi connectivity index (χ0v) is 10.3. The largest absolute Gasteiger partial charge is 0.392 e. The second-order valence-electron chi connectivity index (χ2n) is 4.71. The summed E-state index contributed by atoms with van der Waals surface area (Å²) in [7, 11) is 0. The monoisotopic (exact) mass is 261 g/mol. The number of hydrogen-bond donors (Lipinski definition) is 2. The molecular formula is C12H17F2NOS. The molecule has 1 aliphatic carbocycles. The number of nitrogens with two attached hydrogens (primary N) is 1. The zero-order chi connectivity index (χ0) is 12.5. The summed E-state index contributed by atoms with van der Waals surface area (Å²) in [5.74, 6) is -3.16. The van der Waals surface area contributed by atoms with Crippen LogP contribution >= 0.6 is 11.3 Å². The van der Waals surface area contributed by atoms with Gasteiger partial charge >= 0.3 is 0 Å². The lowest BCUT2D eigenvalue weighted by Gasteiger charge is -2.25. The Hall–Kier alpha value is -0.520. The highest BCUT2D eigenvalue weighted by molar-refractivity contribution is 7.10. The summed E-state index contributed by atoms with van der Waals surface area (Å²) >= 11 is 1.52. The third kappa shape index (κ3) is 2.84. The Morgan fingerprint density at radius 3 is 2.82 bits per heavy atom. The molecule has 1 heterocycles. The molecule has 1 aromatic rings. The van der Waals surface area contributed by atoms with Crippen LogP contribution < -0.4 is 5.73 Å². The molecule has 0 bridgehead atoms. The van der Waals surface area contributed by atoms with Crippen LogP contribution in [0.3, 0.4) is 0 Å². The first kappa shape index (κ1) is 12.9. The Morgan fingerprint density at radius 2 is 2.35 bits per heavy atom. The molecule has 3 atom stereocenters. The molecule has 0 aromatic carbocycles. The van der Waals surface area contributed by atoms with E-state index >= 15 is 0 Å². The number of alkyl halides is 2. The van der Waals surface area contributed by atoms with Crippen LogP contribution in [0.1, 0.15) is 30.1 Å². The maximum atomic E-state index is 13.1. The van der Waals surface area contributed by atoms with E-state index in [1.54, 1.807) is 0 Å². The molecule has 1 saturated carbocycles. The van der Waals surface area contributed by atoms with E-state index in [1.807, 2.05) is 17.5 Å². The van der Waals surface area contributed by atoms with Crippen molar-refractivity contribution in [2.45, 2.75) is 37.2 Å². The van der Waals surface area contributed by atoms with Gasteiger partial charge in [0.1, 0.15) is 0 Å². The standard InChI is InChI=1S/C12H17F2NOS/c13-12(14)4-3-8(6-12)11(16)9(7-15)10-2-1-5-17-10/h1-2,5,8-9,11,16H,3-4,6-7,15H2. The van der Waals surface area contributed by atoms with Crippen molar-refractivity contribution in [3.63, 3.8) is 0 Å². The zero-order valence-electron chi connectivity index (χ0n) is 9.48. The first-order valence-corrected chi connectivity index (χ1v) is 6.71. The highest BCUT2D eigenvalue weighted by Crippen LogP contribution is 2.43. The Balaban J connectivity index is 2.06. The van der Waals surface area contributed by atoms with E-state index in [-0.39, 0.29) is 24.7 Å². The van der Waals surface area contributed by atoms with E-state index in [0.29, 0.717) is 13.0 Å². The molecule has 2 nitrogen and oxygen atoms in total. The van der Waals surface area contributed by atoms with Crippen molar-refractivity contribution in [3.05, 3.63) is 22.4 Å². The Morgan fingerprint density at radius 1 is 1.59 bits per heavy atom. The van der Waals surface area contributed by atoms with Gasteiger partial charge in [0, 0.05) is 30.2 Å². The Kier molecular flexibility index (Phi) is 3.80. The maximum absolute atomic E-state index is 13.1. The first-order valence-electron chi connectivity index (χ1n) is 5.83. The number of aliphatic hydroxyl groups is 1. The number of halogens is 2. The summed E-state index contributed by atoms with van der Waals surface area (Å²) in [6, 6.07) is 3.79. The van der Waals surface area contributed by atoms with Gasteiger partial charge in [-0.2, -0.15) is 0 Å². The number of thiophene rings is 1. The van der Waals surface area contributed by atoms with Crippen LogP contribution in [0, 0.1) is 5.92 Å². The molecule has 0 spiro atoms. The van der Waals surface area contributed by atoms with Gasteiger partial charge in [0.15, 0.2) is 0 Å². The topological polar surface area (TPSA) is 46.2 Å². The van der Waals surface area contributed by atoms with Crippen LogP contribution in [-0.2, 0) is 0 Å². The summed E-state index contributed by atoms with van der Waals surface area (Å²) in [6.45, 7) is 0.295. The first-order chi connectivity index (χ1) is 8.03. The molecule has 1 fully saturated rings. The molecule has 1 aliphatic rings. The summed E-state index contributed by atoms with van der Waals surface area (Å²) in [4.78, 5) is 0.982. The number of hydrogen-bond acceptors (Lipinski definition) is 3. The highest BCUT2D eigenvalue weighted by atomic mass is 32.1. The van der Waals surface area contributed by atoms with E-state index in [0.717, 1.165) is 4.88 Å². The second kappa shape index (κ2) is 5.00. The average molecular weight is 261 g/mol. The lowest BCUT2D eigenvalue weighted by Crippen LogP contribution is -2.31. The molecule has 96 valence electrons. The summed E-state index contributed by atoms with van der Waals surface area (Å²) in [5.41, 5.74) is 5.66. The van der Waals surface area contributed by atoms with Crippen molar-refractivity contribution in [3.8, 4) is 0 Å². The van der Waals surface area contributed by atoms with E-state index in [9.17, 15) is 13.9 Å². The fourth-order valence-corrected chi connectivity index (χ4v) is 3.41. The summed E-state index contributed by atoms with van der Waals surface area (Å²) < 4.78 is 26.2. The quantitative estimate of drug-likeness (QED) is 0.875. The lowest BCUT2D eigenvalue weighted by atomic mass is 9.88.